The second-order valence-corrected chi connectivity index (χ2v) is 9.82. The SMILES string of the molecule is CC[C@@H](NC(=O)c1ccc(Cl)c(S(=O)(=O)Nc2ccc(C)c(C)c2)c1)c1ccc(OC)cc1. The lowest BCUT2D eigenvalue weighted by molar-refractivity contribution is 0.0935. The van der Waals surface area contributed by atoms with Crippen LogP contribution < -0.4 is 14.8 Å². The van der Waals surface area contributed by atoms with E-state index >= 15 is 0 Å². The van der Waals surface area contributed by atoms with Crippen LogP contribution in [0.25, 0.3) is 0 Å². The van der Waals surface area contributed by atoms with Gasteiger partial charge in [-0.05, 0) is 79.4 Å². The molecule has 0 aliphatic heterocycles. The van der Waals surface area contributed by atoms with E-state index in [1.54, 1.807) is 19.2 Å². The molecule has 3 aromatic rings. The Morgan fingerprint density at radius 1 is 1.00 bits per heavy atom. The average molecular weight is 487 g/mol. The van der Waals surface area contributed by atoms with Crippen LogP contribution >= 0.6 is 11.6 Å². The lowest BCUT2D eigenvalue weighted by atomic mass is 10.0. The molecule has 0 fully saturated rings. The summed E-state index contributed by atoms with van der Waals surface area (Å²) in [6, 6.07) is 16.7. The molecule has 0 aromatic heterocycles. The number of amides is 1. The maximum absolute atomic E-state index is 13.0. The van der Waals surface area contributed by atoms with Crippen LogP contribution in [0.1, 0.15) is 46.4 Å². The quantitative estimate of drug-likeness (QED) is 0.431. The third-order valence-corrected chi connectivity index (χ3v) is 7.34. The highest BCUT2D eigenvalue weighted by Crippen LogP contribution is 2.27. The standard InChI is InChI=1S/C25H27ClN2O4S/c1-5-23(18-7-11-21(32-4)12-8-18)27-25(29)19-9-13-22(26)24(15-19)33(30,31)28-20-10-6-16(2)17(3)14-20/h6-15,23,28H,5H2,1-4H3,(H,27,29)/t23-/m1/s1. The smallest absolute Gasteiger partial charge is 0.263 e. The highest BCUT2D eigenvalue weighted by atomic mass is 35.5. The molecule has 0 aliphatic carbocycles. The van der Waals surface area contributed by atoms with E-state index in [1.165, 1.54) is 18.2 Å². The second kappa shape index (κ2) is 10.3. The van der Waals surface area contributed by atoms with E-state index in [0.29, 0.717) is 12.1 Å². The van der Waals surface area contributed by atoms with Crippen molar-refractivity contribution in [2.75, 3.05) is 11.8 Å². The summed E-state index contributed by atoms with van der Waals surface area (Å²) in [5, 5.41) is 2.99. The highest BCUT2D eigenvalue weighted by molar-refractivity contribution is 7.92. The van der Waals surface area contributed by atoms with Gasteiger partial charge in [0, 0.05) is 11.3 Å². The van der Waals surface area contributed by atoms with Crippen molar-refractivity contribution >= 4 is 33.2 Å². The summed E-state index contributed by atoms with van der Waals surface area (Å²) >= 11 is 6.20. The number of hydrogen-bond donors (Lipinski definition) is 2. The average Bonchev–Trinajstić information content (AvgIpc) is 2.79. The van der Waals surface area contributed by atoms with Crippen molar-refractivity contribution in [3.05, 3.63) is 87.9 Å². The van der Waals surface area contributed by atoms with Gasteiger partial charge in [0.15, 0.2) is 0 Å². The Morgan fingerprint density at radius 2 is 1.70 bits per heavy atom. The minimum Gasteiger partial charge on any atom is -0.497 e. The van der Waals surface area contributed by atoms with Gasteiger partial charge in [-0.25, -0.2) is 8.42 Å². The minimum absolute atomic E-state index is 0.0325. The van der Waals surface area contributed by atoms with Crippen molar-refractivity contribution in [3.63, 3.8) is 0 Å². The molecule has 3 rings (SSSR count). The molecule has 0 saturated heterocycles. The molecule has 33 heavy (non-hydrogen) atoms. The molecule has 0 unspecified atom stereocenters. The number of carbonyl (C=O) groups excluding carboxylic acids is 1. The molecule has 1 amide bonds. The van der Waals surface area contributed by atoms with Crippen molar-refractivity contribution in [2.45, 2.75) is 38.1 Å². The Morgan fingerprint density at radius 3 is 2.30 bits per heavy atom. The van der Waals surface area contributed by atoms with Crippen LogP contribution in [0, 0.1) is 13.8 Å². The van der Waals surface area contributed by atoms with E-state index in [1.807, 2.05) is 51.1 Å². The van der Waals surface area contributed by atoms with Gasteiger partial charge in [0.25, 0.3) is 15.9 Å². The Labute approximate surface area is 200 Å². The minimum atomic E-state index is -4.00. The second-order valence-electron chi connectivity index (χ2n) is 7.76. The molecular weight excluding hydrogens is 460 g/mol. The highest BCUT2D eigenvalue weighted by Gasteiger charge is 2.22. The van der Waals surface area contributed by atoms with Crippen molar-refractivity contribution in [1.82, 2.24) is 5.32 Å². The molecule has 0 spiro atoms. The summed E-state index contributed by atoms with van der Waals surface area (Å²) in [6.45, 7) is 5.81. The van der Waals surface area contributed by atoms with E-state index in [-0.39, 0.29) is 21.5 Å². The molecule has 174 valence electrons. The normalized spacial score (nSPS) is 12.2. The van der Waals surface area contributed by atoms with Crippen molar-refractivity contribution in [1.29, 1.82) is 0 Å². The van der Waals surface area contributed by atoms with E-state index < -0.39 is 15.9 Å². The van der Waals surface area contributed by atoms with Gasteiger partial charge in [0.1, 0.15) is 10.6 Å². The summed E-state index contributed by atoms with van der Waals surface area (Å²) in [6.07, 6.45) is 0.658. The molecule has 2 N–H and O–H groups in total. The summed E-state index contributed by atoms with van der Waals surface area (Å²) in [5.41, 5.74) is 3.56. The maximum atomic E-state index is 13.0. The van der Waals surface area contributed by atoms with Crippen LogP contribution in [0.15, 0.2) is 65.6 Å². The van der Waals surface area contributed by atoms with E-state index in [9.17, 15) is 13.2 Å². The lowest BCUT2D eigenvalue weighted by Gasteiger charge is -2.18. The lowest BCUT2D eigenvalue weighted by Crippen LogP contribution is -2.28. The number of carbonyl (C=O) groups is 1. The Hall–Kier alpha value is -3.03. The molecule has 0 radical (unpaired) electrons. The van der Waals surface area contributed by atoms with Crippen LogP contribution in [-0.4, -0.2) is 21.4 Å². The number of anilines is 1. The molecule has 1 atom stereocenters. The van der Waals surface area contributed by atoms with E-state index in [0.717, 1.165) is 22.4 Å². The Balaban J connectivity index is 1.84. The van der Waals surface area contributed by atoms with Crippen LogP contribution in [0.2, 0.25) is 5.02 Å². The van der Waals surface area contributed by atoms with Gasteiger partial charge >= 0.3 is 0 Å². The topological polar surface area (TPSA) is 84.5 Å². The van der Waals surface area contributed by atoms with Gasteiger partial charge in [-0.15, -0.1) is 0 Å². The number of hydrogen-bond acceptors (Lipinski definition) is 4. The fourth-order valence-corrected chi connectivity index (χ4v) is 4.94. The fraction of sp³-hybridized carbons (Fsp3) is 0.240. The van der Waals surface area contributed by atoms with E-state index in [2.05, 4.69) is 10.0 Å². The molecule has 0 aliphatic rings. The molecule has 3 aromatic carbocycles. The van der Waals surface area contributed by atoms with Crippen molar-refractivity contribution in [3.8, 4) is 5.75 Å². The summed E-state index contributed by atoms with van der Waals surface area (Å²) in [4.78, 5) is 12.8. The largest absolute Gasteiger partial charge is 0.497 e. The number of aryl methyl sites for hydroxylation is 2. The van der Waals surface area contributed by atoms with Crippen molar-refractivity contribution in [2.24, 2.45) is 0 Å². The third-order valence-electron chi connectivity index (χ3n) is 5.47. The monoisotopic (exact) mass is 486 g/mol. The van der Waals surface area contributed by atoms with Gasteiger partial charge in [0.2, 0.25) is 0 Å². The number of ether oxygens (including phenoxy) is 1. The van der Waals surface area contributed by atoms with Gasteiger partial charge in [-0.1, -0.05) is 36.7 Å². The Bertz CT molecular complexity index is 1260. The molecule has 6 nitrogen and oxygen atoms in total. The molecule has 8 heteroatoms. The van der Waals surface area contributed by atoms with E-state index in [4.69, 9.17) is 16.3 Å². The summed E-state index contributed by atoms with van der Waals surface area (Å²) < 4.78 is 33.8. The van der Waals surface area contributed by atoms with Gasteiger partial charge in [-0.2, -0.15) is 0 Å². The van der Waals surface area contributed by atoms with Crippen molar-refractivity contribution < 1.29 is 17.9 Å². The Kier molecular flexibility index (Phi) is 7.66. The first-order chi connectivity index (χ1) is 15.6. The third kappa shape index (κ3) is 5.86. The molecule has 0 bridgehead atoms. The van der Waals surface area contributed by atoms with Crippen LogP contribution in [0.3, 0.4) is 0 Å². The number of sulfonamides is 1. The maximum Gasteiger partial charge on any atom is 0.263 e. The molecule has 0 saturated carbocycles. The predicted molar refractivity (Wildman–Crippen MR) is 132 cm³/mol. The zero-order valence-electron chi connectivity index (χ0n) is 19.0. The zero-order valence-corrected chi connectivity index (χ0v) is 20.5. The number of methoxy groups -OCH3 is 1. The number of rotatable bonds is 8. The summed E-state index contributed by atoms with van der Waals surface area (Å²) in [5.74, 6) is 0.334. The van der Waals surface area contributed by atoms with Gasteiger partial charge < -0.3 is 10.1 Å². The number of nitrogens with one attached hydrogen (secondary N) is 2. The number of benzene rings is 3. The first-order valence-electron chi connectivity index (χ1n) is 10.5. The van der Waals surface area contributed by atoms with Gasteiger partial charge in [-0.3, -0.25) is 9.52 Å². The zero-order chi connectivity index (χ0) is 24.2. The van der Waals surface area contributed by atoms with Crippen LogP contribution in [0.5, 0.6) is 5.75 Å². The predicted octanol–water partition coefficient (Wildman–Crippen LogP) is 5.65. The summed E-state index contributed by atoms with van der Waals surface area (Å²) in [7, 11) is -2.41. The van der Waals surface area contributed by atoms with Crippen LogP contribution in [-0.2, 0) is 10.0 Å². The number of halogens is 1. The fourth-order valence-electron chi connectivity index (χ4n) is 3.36. The molecular formula is C25H27ClN2O4S. The first-order valence-corrected chi connectivity index (χ1v) is 12.3. The molecule has 0 heterocycles. The van der Waals surface area contributed by atoms with Crippen LogP contribution in [0.4, 0.5) is 5.69 Å². The van der Waals surface area contributed by atoms with Gasteiger partial charge in [0.05, 0.1) is 18.2 Å². The first kappa shape index (κ1) is 24.6.